The number of aromatic nitrogens is 2. The number of aryl methyl sites for hydroxylation is 1. The fourth-order valence-electron chi connectivity index (χ4n) is 3.48. The third-order valence-corrected chi connectivity index (χ3v) is 6.35. The molecule has 1 amide bonds. The van der Waals surface area contributed by atoms with Crippen LogP contribution in [-0.2, 0) is 5.75 Å². The maximum Gasteiger partial charge on any atom is 0.255 e. The lowest BCUT2D eigenvalue weighted by Crippen LogP contribution is -2.30. The smallest absolute Gasteiger partial charge is 0.255 e. The minimum absolute atomic E-state index is 0.118. The number of carbonyl (C=O) groups excluding carboxylic acids is 1. The Morgan fingerprint density at radius 3 is 2.45 bits per heavy atom. The average Bonchev–Trinajstić information content (AvgIpc) is 2.80. The van der Waals surface area contributed by atoms with Crippen LogP contribution in [-0.4, -0.2) is 29.0 Å². The molecule has 1 aromatic heterocycles. The van der Waals surface area contributed by atoms with Crippen molar-refractivity contribution >= 4 is 40.8 Å². The van der Waals surface area contributed by atoms with Crippen LogP contribution in [0.2, 0.25) is 5.15 Å². The molecule has 2 heterocycles. The van der Waals surface area contributed by atoms with Gasteiger partial charge in [-0.2, -0.15) is 0 Å². The van der Waals surface area contributed by atoms with Gasteiger partial charge in [0.15, 0.2) is 5.16 Å². The molecule has 5 nitrogen and oxygen atoms in total. The van der Waals surface area contributed by atoms with Crippen LogP contribution in [0.3, 0.4) is 0 Å². The normalized spacial score (nSPS) is 13.8. The van der Waals surface area contributed by atoms with E-state index < -0.39 is 0 Å². The van der Waals surface area contributed by atoms with Gasteiger partial charge in [-0.15, -0.1) is 0 Å². The number of thioether (sulfide) groups is 1. The molecule has 1 aliphatic rings. The first-order valence-corrected chi connectivity index (χ1v) is 11.8. The standard InChI is InChI=1S/C24H25ClN4OS/c1-17-5-11-20(12-6-17)26-23(30)19-9-7-18(8-10-19)16-31-24-27-21(25)15-22(28-24)29-13-3-2-4-14-29/h5-12,15H,2-4,13-14,16H2,1H3,(H,26,30). The summed E-state index contributed by atoms with van der Waals surface area (Å²) in [5, 5.41) is 4.07. The fourth-order valence-corrected chi connectivity index (χ4v) is 4.51. The molecule has 0 aliphatic carbocycles. The van der Waals surface area contributed by atoms with Gasteiger partial charge in [0.2, 0.25) is 0 Å². The van der Waals surface area contributed by atoms with E-state index in [1.807, 2.05) is 61.5 Å². The van der Waals surface area contributed by atoms with Crippen molar-refractivity contribution in [3.8, 4) is 0 Å². The minimum Gasteiger partial charge on any atom is -0.356 e. The van der Waals surface area contributed by atoms with Crippen LogP contribution in [0.4, 0.5) is 11.5 Å². The number of piperidine rings is 1. The summed E-state index contributed by atoms with van der Waals surface area (Å²) in [4.78, 5) is 23.8. The van der Waals surface area contributed by atoms with E-state index in [1.165, 1.54) is 19.3 Å². The van der Waals surface area contributed by atoms with E-state index in [-0.39, 0.29) is 5.91 Å². The Balaban J connectivity index is 1.36. The molecule has 160 valence electrons. The van der Waals surface area contributed by atoms with Crippen LogP contribution >= 0.6 is 23.4 Å². The Labute approximate surface area is 192 Å². The number of hydrogen-bond donors (Lipinski definition) is 1. The van der Waals surface area contributed by atoms with Gasteiger partial charge in [-0.3, -0.25) is 4.79 Å². The van der Waals surface area contributed by atoms with Gasteiger partial charge in [0, 0.05) is 36.2 Å². The molecule has 0 radical (unpaired) electrons. The summed E-state index contributed by atoms with van der Waals surface area (Å²) in [7, 11) is 0. The van der Waals surface area contributed by atoms with Gasteiger partial charge >= 0.3 is 0 Å². The molecule has 7 heteroatoms. The molecule has 0 bridgehead atoms. The second-order valence-electron chi connectivity index (χ2n) is 7.68. The Hall–Kier alpha value is -2.57. The highest BCUT2D eigenvalue weighted by atomic mass is 35.5. The Morgan fingerprint density at radius 2 is 1.74 bits per heavy atom. The lowest BCUT2D eigenvalue weighted by molar-refractivity contribution is 0.102. The van der Waals surface area contributed by atoms with E-state index in [9.17, 15) is 4.79 Å². The summed E-state index contributed by atoms with van der Waals surface area (Å²) in [6.45, 7) is 4.05. The maximum atomic E-state index is 12.5. The molecule has 1 aliphatic heterocycles. The van der Waals surface area contributed by atoms with Gasteiger partial charge in [-0.25, -0.2) is 9.97 Å². The monoisotopic (exact) mass is 452 g/mol. The van der Waals surface area contributed by atoms with Crippen molar-refractivity contribution in [3.63, 3.8) is 0 Å². The number of benzene rings is 2. The Bertz CT molecular complexity index is 1030. The van der Waals surface area contributed by atoms with Crippen molar-refractivity contribution in [2.24, 2.45) is 0 Å². The molecule has 0 saturated carbocycles. The Kier molecular flexibility index (Phi) is 7.10. The van der Waals surface area contributed by atoms with Crippen LogP contribution in [0.5, 0.6) is 0 Å². The van der Waals surface area contributed by atoms with E-state index >= 15 is 0 Å². The molecular formula is C24H25ClN4OS. The lowest BCUT2D eigenvalue weighted by Gasteiger charge is -2.27. The molecule has 0 spiro atoms. The predicted octanol–water partition coefficient (Wildman–Crippen LogP) is 5.97. The fraction of sp³-hybridized carbons (Fsp3) is 0.292. The summed E-state index contributed by atoms with van der Waals surface area (Å²) in [6, 6.07) is 17.2. The van der Waals surface area contributed by atoms with Crippen molar-refractivity contribution in [3.05, 3.63) is 76.4 Å². The van der Waals surface area contributed by atoms with Crippen molar-refractivity contribution in [1.29, 1.82) is 0 Å². The van der Waals surface area contributed by atoms with E-state index in [1.54, 1.807) is 11.8 Å². The summed E-state index contributed by atoms with van der Waals surface area (Å²) in [5.74, 6) is 1.50. The Morgan fingerprint density at radius 1 is 1.03 bits per heavy atom. The molecule has 0 atom stereocenters. The highest BCUT2D eigenvalue weighted by molar-refractivity contribution is 7.98. The van der Waals surface area contributed by atoms with Crippen LogP contribution < -0.4 is 10.2 Å². The largest absolute Gasteiger partial charge is 0.356 e. The highest BCUT2D eigenvalue weighted by Crippen LogP contribution is 2.26. The van der Waals surface area contributed by atoms with Gasteiger partial charge in [0.25, 0.3) is 5.91 Å². The SMILES string of the molecule is Cc1ccc(NC(=O)c2ccc(CSc3nc(Cl)cc(N4CCCCC4)n3)cc2)cc1. The van der Waals surface area contributed by atoms with Gasteiger partial charge < -0.3 is 10.2 Å². The number of anilines is 2. The highest BCUT2D eigenvalue weighted by Gasteiger charge is 2.15. The summed E-state index contributed by atoms with van der Waals surface area (Å²) < 4.78 is 0. The molecule has 3 aromatic rings. The van der Waals surface area contributed by atoms with Crippen LogP contribution in [0.25, 0.3) is 0 Å². The third kappa shape index (κ3) is 5.99. The topological polar surface area (TPSA) is 58.1 Å². The molecular weight excluding hydrogens is 428 g/mol. The van der Waals surface area contributed by atoms with Crippen LogP contribution in [0.15, 0.2) is 59.8 Å². The molecule has 1 saturated heterocycles. The third-order valence-electron chi connectivity index (χ3n) is 5.23. The summed E-state index contributed by atoms with van der Waals surface area (Å²) in [6.07, 6.45) is 3.65. The van der Waals surface area contributed by atoms with Crippen molar-refractivity contribution < 1.29 is 4.79 Å². The molecule has 2 aromatic carbocycles. The number of halogens is 1. The number of carbonyl (C=O) groups is 1. The number of amides is 1. The zero-order valence-electron chi connectivity index (χ0n) is 17.5. The summed E-state index contributed by atoms with van der Waals surface area (Å²) in [5.41, 5.74) is 3.67. The zero-order chi connectivity index (χ0) is 21.6. The second-order valence-corrected chi connectivity index (χ2v) is 9.01. The minimum atomic E-state index is -0.118. The van der Waals surface area contributed by atoms with Crippen molar-refractivity contribution in [1.82, 2.24) is 9.97 Å². The molecule has 1 N–H and O–H groups in total. The first kappa shape index (κ1) is 21.7. The summed E-state index contributed by atoms with van der Waals surface area (Å²) >= 11 is 7.80. The first-order chi connectivity index (χ1) is 15.1. The van der Waals surface area contributed by atoms with Gasteiger partial charge in [0.05, 0.1) is 0 Å². The van der Waals surface area contributed by atoms with E-state index in [0.717, 1.165) is 35.7 Å². The van der Waals surface area contributed by atoms with Gasteiger partial charge in [-0.1, -0.05) is 53.2 Å². The quantitative estimate of drug-likeness (QED) is 0.283. The lowest BCUT2D eigenvalue weighted by atomic mass is 10.1. The molecule has 31 heavy (non-hydrogen) atoms. The number of rotatable bonds is 6. The molecule has 0 unspecified atom stereocenters. The number of nitrogens with one attached hydrogen (secondary N) is 1. The van der Waals surface area contributed by atoms with E-state index in [4.69, 9.17) is 16.6 Å². The number of hydrogen-bond acceptors (Lipinski definition) is 5. The zero-order valence-corrected chi connectivity index (χ0v) is 19.0. The number of nitrogens with zero attached hydrogens (tertiary/aromatic N) is 3. The van der Waals surface area contributed by atoms with Crippen molar-refractivity contribution in [2.75, 3.05) is 23.3 Å². The van der Waals surface area contributed by atoms with Gasteiger partial charge in [-0.05, 0) is 56.0 Å². The molecule has 4 rings (SSSR count). The second kappa shape index (κ2) is 10.2. The van der Waals surface area contributed by atoms with E-state index in [2.05, 4.69) is 15.2 Å². The predicted molar refractivity (Wildman–Crippen MR) is 128 cm³/mol. The van der Waals surface area contributed by atoms with Crippen LogP contribution in [0, 0.1) is 6.92 Å². The van der Waals surface area contributed by atoms with Crippen LogP contribution in [0.1, 0.15) is 40.7 Å². The van der Waals surface area contributed by atoms with Crippen molar-refractivity contribution in [2.45, 2.75) is 37.1 Å². The maximum absolute atomic E-state index is 12.5. The first-order valence-electron chi connectivity index (χ1n) is 10.5. The molecule has 1 fully saturated rings. The van der Waals surface area contributed by atoms with E-state index in [0.29, 0.717) is 21.6 Å². The van der Waals surface area contributed by atoms with Gasteiger partial charge in [0.1, 0.15) is 11.0 Å². The average molecular weight is 453 g/mol.